The van der Waals surface area contributed by atoms with Crippen molar-refractivity contribution in [3.8, 4) is 17.1 Å². The highest BCUT2D eigenvalue weighted by Crippen LogP contribution is 2.27. The second-order valence-corrected chi connectivity index (χ2v) is 9.39. The molecule has 0 aliphatic rings. The maximum atomic E-state index is 13.2. The van der Waals surface area contributed by atoms with Crippen molar-refractivity contribution in [3.63, 3.8) is 0 Å². The average molecular weight is 493 g/mol. The lowest BCUT2D eigenvalue weighted by atomic mass is 10.0. The number of aromatic amines is 1. The number of nitrogens with zero attached hydrogens (tertiary/aromatic N) is 2. The van der Waals surface area contributed by atoms with Gasteiger partial charge in [0.15, 0.2) is 10.6 Å². The molecular formula is C26H28N4O2S2. The fraction of sp³-hybridized carbons (Fsp3) is 0.269. The van der Waals surface area contributed by atoms with Crippen LogP contribution in [0, 0.1) is 4.77 Å². The first-order chi connectivity index (χ1) is 16.6. The summed E-state index contributed by atoms with van der Waals surface area (Å²) < 4.78 is 7.35. The monoisotopic (exact) mass is 492 g/mol. The summed E-state index contributed by atoms with van der Waals surface area (Å²) in [5, 5.41) is 12.4. The molecule has 4 aromatic rings. The molecule has 6 nitrogen and oxygen atoms in total. The normalized spacial score (nSPS) is 11.8. The summed E-state index contributed by atoms with van der Waals surface area (Å²) in [7, 11) is 1.62. The Labute approximate surface area is 208 Å². The van der Waals surface area contributed by atoms with E-state index in [4.69, 9.17) is 17.0 Å². The third kappa shape index (κ3) is 5.63. The van der Waals surface area contributed by atoms with Crippen LogP contribution in [-0.2, 0) is 17.8 Å². The maximum absolute atomic E-state index is 13.2. The van der Waals surface area contributed by atoms with Crippen LogP contribution in [0.3, 0.4) is 0 Å². The Morgan fingerprint density at radius 2 is 1.94 bits per heavy atom. The predicted octanol–water partition coefficient (Wildman–Crippen LogP) is 5.93. The van der Waals surface area contributed by atoms with Gasteiger partial charge in [-0.05, 0) is 71.9 Å². The van der Waals surface area contributed by atoms with Crippen molar-refractivity contribution in [2.75, 3.05) is 7.11 Å². The topological polar surface area (TPSA) is 71.9 Å². The standard InChI is InChI=1S/C26H28N4O2S2/c1-3-4-6-18-8-10-19(11-9-18)24(22-7-5-16-34-22)27-23(31)17-30-25(28-29-26(30)33)20-12-14-21(32-2)15-13-20/h5,7-16,24H,3-4,6,17H2,1-2H3,(H,27,31)(H,29,33). The molecule has 34 heavy (non-hydrogen) atoms. The first-order valence-electron chi connectivity index (χ1n) is 11.3. The number of amides is 1. The van der Waals surface area contributed by atoms with E-state index >= 15 is 0 Å². The molecule has 1 unspecified atom stereocenters. The van der Waals surface area contributed by atoms with Gasteiger partial charge < -0.3 is 10.1 Å². The van der Waals surface area contributed by atoms with Crippen molar-refractivity contribution in [1.29, 1.82) is 0 Å². The fourth-order valence-electron chi connectivity index (χ4n) is 3.81. The number of thiophene rings is 1. The zero-order chi connectivity index (χ0) is 23.9. The van der Waals surface area contributed by atoms with Gasteiger partial charge in [0.1, 0.15) is 12.3 Å². The number of ether oxygens (including phenoxy) is 1. The van der Waals surface area contributed by atoms with Gasteiger partial charge in [0.2, 0.25) is 5.91 Å². The fourth-order valence-corrected chi connectivity index (χ4v) is 4.81. The summed E-state index contributed by atoms with van der Waals surface area (Å²) in [4.78, 5) is 14.3. The van der Waals surface area contributed by atoms with Gasteiger partial charge in [0.05, 0.1) is 13.2 Å². The summed E-state index contributed by atoms with van der Waals surface area (Å²) in [6, 6.07) is 19.9. The lowest BCUT2D eigenvalue weighted by Crippen LogP contribution is -2.32. The van der Waals surface area contributed by atoms with Crippen LogP contribution in [0.4, 0.5) is 0 Å². The number of aromatic nitrogens is 3. The summed E-state index contributed by atoms with van der Waals surface area (Å²) in [5.74, 6) is 1.22. The highest BCUT2D eigenvalue weighted by Gasteiger charge is 2.20. The van der Waals surface area contributed by atoms with Crippen LogP contribution in [0.15, 0.2) is 66.0 Å². The maximum Gasteiger partial charge on any atom is 0.240 e. The molecule has 0 saturated heterocycles. The minimum absolute atomic E-state index is 0.0627. The Morgan fingerprint density at radius 1 is 1.18 bits per heavy atom. The molecule has 176 valence electrons. The van der Waals surface area contributed by atoms with Crippen molar-refractivity contribution in [2.24, 2.45) is 0 Å². The van der Waals surface area contributed by atoms with Crippen LogP contribution in [0.5, 0.6) is 5.75 Å². The van der Waals surface area contributed by atoms with Gasteiger partial charge in [-0.3, -0.25) is 14.5 Å². The minimum Gasteiger partial charge on any atom is -0.497 e. The molecule has 0 radical (unpaired) electrons. The Bertz CT molecular complexity index is 1260. The lowest BCUT2D eigenvalue weighted by molar-refractivity contribution is -0.122. The number of H-pyrrole nitrogens is 1. The van der Waals surface area contributed by atoms with Gasteiger partial charge in [-0.15, -0.1) is 11.3 Å². The van der Waals surface area contributed by atoms with Crippen LogP contribution < -0.4 is 10.1 Å². The SMILES string of the molecule is CCCCc1ccc(C(NC(=O)Cn2c(-c3ccc(OC)cc3)n[nH]c2=S)c2cccs2)cc1. The molecule has 2 aromatic heterocycles. The van der Waals surface area contributed by atoms with E-state index in [1.165, 1.54) is 18.4 Å². The van der Waals surface area contributed by atoms with Crippen molar-refractivity contribution in [1.82, 2.24) is 20.1 Å². The van der Waals surface area contributed by atoms with Gasteiger partial charge in [-0.25, -0.2) is 0 Å². The zero-order valence-corrected chi connectivity index (χ0v) is 20.9. The van der Waals surface area contributed by atoms with E-state index in [2.05, 4.69) is 46.7 Å². The van der Waals surface area contributed by atoms with E-state index in [9.17, 15) is 4.79 Å². The van der Waals surface area contributed by atoms with E-state index in [1.807, 2.05) is 41.8 Å². The van der Waals surface area contributed by atoms with E-state index in [0.717, 1.165) is 28.2 Å². The van der Waals surface area contributed by atoms with Gasteiger partial charge in [0.25, 0.3) is 0 Å². The molecule has 0 aliphatic heterocycles. The number of methoxy groups -OCH3 is 1. The molecule has 4 rings (SSSR count). The molecule has 2 aromatic carbocycles. The Kier molecular flexibility index (Phi) is 7.92. The van der Waals surface area contributed by atoms with Gasteiger partial charge in [-0.2, -0.15) is 5.10 Å². The molecule has 0 fully saturated rings. The second kappa shape index (κ2) is 11.3. The van der Waals surface area contributed by atoms with Crippen molar-refractivity contribution >= 4 is 29.5 Å². The minimum atomic E-state index is -0.224. The number of hydrogen-bond donors (Lipinski definition) is 2. The highest BCUT2D eigenvalue weighted by molar-refractivity contribution is 7.71. The molecule has 0 bridgehead atoms. The second-order valence-electron chi connectivity index (χ2n) is 8.03. The van der Waals surface area contributed by atoms with Crippen molar-refractivity contribution < 1.29 is 9.53 Å². The number of nitrogens with one attached hydrogen (secondary N) is 2. The van der Waals surface area contributed by atoms with E-state index in [0.29, 0.717) is 10.6 Å². The van der Waals surface area contributed by atoms with Crippen LogP contribution in [0.2, 0.25) is 0 Å². The number of benzene rings is 2. The number of carbonyl (C=O) groups is 1. The Hall–Kier alpha value is -3.23. The molecule has 1 amide bonds. The van der Waals surface area contributed by atoms with Gasteiger partial charge >= 0.3 is 0 Å². The number of hydrogen-bond acceptors (Lipinski definition) is 5. The van der Waals surface area contributed by atoms with Crippen LogP contribution in [0.1, 0.15) is 41.8 Å². The molecular weight excluding hydrogens is 464 g/mol. The first-order valence-corrected chi connectivity index (χ1v) is 12.6. The largest absolute Gasteiger partial charge is 0.497 e. The van der Waals surface area contributed by atoms with Gasteiger partial charge in [0, 0.05) is 10.4 Å². The molecule has 1 atom stereocenters. The highest BCUT2D eigenvalue weighted by atomic mass is 32.1. The summed E-state index contributed by atoms with van der Waals surface area (Å²) >= 11 is 7.05. The van der Waals surface area contributed by atoms with Gasteiger partial charge in [-0.1, -0.05) is 43.7 Å². The predicted molar refractivity (Wildman–Crippen MR) is 139 cm³/mol. The molecule has 0 saturated carbocycles. The third-order valence-corrected chi connectivity index (χ3v) is 6.92. The quantitative estimate of drug-likeness (QED) is 0.269. The third-order valence-electron chi connectivity index (χ3n) is 5.67. The Morgan fingerprint density at radius 3 is 2.59 bits per heavy atom. The van der Waals surface area contributed by atoms with Crippen LogP contribution >= 0.6 is 23.6 Å². The van der Waals surface area contributed by atoms with Crippen molar-refractivity contribution in [3.05, 3.63) is 86.8 Å². The van der Waals surface area contributed by atoms with Crippen LogP contribution in [-0.4, -0.2) is 27.8 Å². The molecule has 2 heterocycles. The van der Waals surface area contributed by atoms with E-state index in [1.54, 1.807) is 23.0 Å². The average Bonchev–Trinajstić information content (AvgIpc) is 3.52. The number of rotatable bonds is 10. The summed E-state index contributed by atoms with van der Waals surface area (Å²) in [6.07, 6.45) is 3.41. The molecule has 8 heteroatoms. The Balaban J connectivity index is 1.54. The summed E-state index contributed by atoms with van der Waals surface area (Å²) in [6.45, 7) is 2.26. The van der Waals surface area contributed by atoms with Crippen LogP contribution in [0.25, 0.3) is 11.4 Å². The van der Waals surface area contributed by atoms with E-state index < -0.39 is 0 Å². The van der Waals surface area contributed by atoms with E-state index in [-0.39, 0.29) is 18.5 Å². The molecule has 0 spiro atoms. The molecule has 0 aliphatic carbocycles. The lowest BCUT2D eigenvalue weighted by Gasteiger charge is -2.19. The smallest absolute Gasteiger partial charge is 0.240 e. The number of carbonyl (C=O) groups excluding carboxylic acids is 1. The summed E-state index contributed by atoms with van der Waals surface area (Å²) in [5.41, 5.74) is 3.22. The number of aryl methyl sites for hydroxylation is 1. The first kappa shape index (κ1) is 23.9. The van der Waals surface area contributed by atoms with Crippen molar-refractivity contribution in [2.45, 2.75) is 38.8 Å². The zero-order valence-electron chi connectivity index (χ0n) is 19.3. The number of unbranched alkanes of at least 4 members (excludes halogenated alkanes) is 1. The molecule has 2 N–H and O–H groups in total.